The molecule has 3 aromatic carbocycles. The van der Waals surface area contributed by atoms with Crippen LogP contribution in [0.3, 0.4) is 0 Å². The highest BCUT2D eigenvalue weighted by molar-refractivity contribution is 6.07. The van der Waals surface area contributed by atoms with Gasteiger partial charge in [-0.25, -0.2) is 0 Å². The summed E-state index contributed by atoms with van der Waals surface area (Å²) in [7, 11) is 1.53. The molecule has 3 aromatic rings. The maximum absolute atomic E-state index is 12.4. The van der Waals surface area contributed by atoms with Crippen LogP contribution in [0.4, 0.5) is 11.4 Å². The van der Waals surface area contributed by atoms with E-state index in [4.69, 9.17) is 4.74 Å². The van der Waals surface area contributed by atoms with Gasteiger partial charge in [0.05, 0.1) is 12.8 Å². The minimum Gasteiger partial charge on any atom is -0.495 e. The number of carbonyl (C=O) groups is 3. The molecule has 0 saturated carbocycles. The van der Waals surface area contributed by atoms with Gasteiger partial charge in [-0.1, -0.05) is 12.1 Å². The molecule has 0 radical (unpaired) electrons. The number of rotatable bonds is 6. The number of Topliss-reactive ketones (excluding diaryl/α,β-unsaturated/α-hetero) is 1. The SMILES string of the molecule is COc1ccccc1NC(=O)c1ccc(C(=O)Nc2ccc(C(C)=O)cc2)cc1. The van der Waals surface area contributed by atoms with Crippen molar-refractivity contribution in [3.8, 4) is 5.75 Å². The summed E-state index contributed by atoms with van der Waals surface area (Å²) in [6, 6.07) is 20.1. The van der Waals surface area contributed by atoms with Gasteiger partial charge in [-0.3, -0.25) is 14.4 Å². The van der Waals surface area contributed by atoms with Gasteiger partial charge in [0.25, 0.3) is 11.8 Å². The second-order valence-corrected chi connectivity index (χ2v) is 6.32. The minimum absolute atomic E-state index is 0.0372. The fourth-order valence-corrected chi connectivity index (χ4v) is 2.71. The van der Waals surface area contributed by atoms with Gasteiger partial charge in [0.1, 0.15) is 5.75 Å². The first-order chi connectivity index (χ1) is 14.0. The molecule has 0 spiro atoms. The van der Waals surface area contributed by atoms with E-state index in [9.17, 15) is 14.4 Å². The van der Waals surface area contributed by atoms with E-state index in [1.165, 1.54) is 14.0 Å². The lowest BCUT2D eigenvalue weighted by Crippen LogP contribution is -2.14. The van der Waals surface area contributed by atoms with E-state index in [0.717, 1.165) is 0 Å². The van der Waals surface area contributed by atoms with Crippen LogP contribution in [0.5, 0.6) is 5.75 Å². The van der Waals surface area contributed by atoms with E-state index >= 15 is 0 Å². The normalized spacial score (nSPS) is 10.1. The largest absolute Gasteiger partial charge is 0.495 e. The molecule has 29 heavy (non-hydrogen) atoms. The molecule has 0 aliphatic heterocycles. The summed E-state index contributed by atoms with van der Waals surface area (Å²) in [5, 5.41) is 5.55. The van der Waals surface area contributed by atoms with Crippen molar-refractivity contribution in [2.75, 3.05) is 17.7 Å². The second-order valence-electron chi connectivity index (χ2n) is 6.32. The van der Waals surface area contributed by atoms with Crippen LogP contribution in [0, 0.1) is 0 Å². The van der Waals surface area contributed by atoms with Crippen molar-refractivity contribution < 1.29 is 19.1 Å². The fourth-order valence-electron chi connectivity index (χ4n) is 2.71. The first kappa shape index (κ1) is 19.8. The Morgan fingerprint density at radius 1 is 0.690 bits per heavy atom. The summed E-state index contributed by atoms with van der Waals surface area (Å²) >= 11 is 0. The van der Waals surface area contributed by atoms with Crippen molar-refractivity contribution in [2.45, 2.75) is 6.92 Å². The average Bonchev–Trinajstić information content (AvgIpc) is 2.74. The number of hydrogen-bond acceptors (Lipinski definition) is 4. The molecule has 0 heterocycles. The third-order valence-corrected chi connectivity index (χ3v) is 4.31. The highest BCUT2D eigenvalue weighted by Gasteiger charge is 2.11. The zero-order valence-corrected chi connectivity index (χ0v) is 16.1. The predicted molar refractivity (Wildman–Crippen MR) is 112 cm³/mol. The van der Waals surface area contributed by atoms with Gasteiger partial charge in [-0.15, -0.1) is 0 Å². The lowest BCUT2D eigenvalue weighted by molar-refractivity contribution is 0.101. The van der Waals surface area contributed by atoms with Gasteiger partial charge in [0, 0.05) is 22.4 Å². The van der Waals surface area contributed by atoms with Crippen LogP contribution < -0.4 is 15.4 Å². The van der Waals surface area contributed by atoms with Crippen LogP contribution in [-0.4, -0.2) is 24.7 Å². The van der Waals surface area contributed by atoms with Gasteiger partial charge in [-0.2, -0.15) is 0 Å². The highest BCUT2D eigenvalue weighted by atomic mass is 16.5. The van der Waals surface area contributed by atoms with Gasteiger partial charge >= 0.3 is 0 Å². The number of methoxy groups -OCH3 is 1. The second kappa shape index (κ2) is 8.84. The Kier molecular flexibility index (Phi) is 6.04. The molecule has 2 amide bonds. The molecule has 6 nitrogen and oxygen atoms in total. The maximum atomic E-state index is 12.4. The number of anilines is 2. The third-order valence-electron chi connectivity index (χ3n) is 4.31. The topological polar surface area (TPSA) is 84.5 Å². The molecule has 0 unspecified atom stereocenters. The molecule has 0 aromatic heterocycles. The van der Waals surface area contributed by atoms with Crippen molar-refractivity contribution in [1.29, 1.82) is 0 Å². The summed E-state index contributed by atoms with van der Waals surface area (Å²) in [5.41, 5.74) is 2.55. The number of hydrogen-bond donors (Lipinski definition) is 2. The van der Waals surface area contributed by atoms with Crippen LogP contribution in [0.15, 0.2) is 72.8 Å². The van der Waals surface area contributed by atoms with E-state index < -0.39 is 0 Å². The smallest absolute Gasteiger partial charge is 0.255 e. The van der Waals surface area contributed by atoms with Crippen molar-refractivity contribution in [2.24, 2.45) is 0 Å². The molecule has 0 fully saturated rings. The molecule has 0 aliphatic carbocycles. The first-order valence-electron chi connectivity index (χ1n) is 8.94. The van der Waals surface area contributed by atoms with Crippen molar-refractivity contribution in [3.05, 3.63) is 89.5 Å². The van der Waals surface area contributed by atoms with E-state index in [-0.39, 0.29) is 17.6 Å². The molecular weight excluding hydrogens is 368 g/mol. The van der Waals surface area contributed by atoms with E-state index in [1.54, 1.807) is 66.7 Å². The molecule has 3 rings (SSSR count). The zero-order chi connectivity index (χ0) is 20.8. The lowest BCUT2D eigenvalue weighted by Gasteiger charge is -2.10. The molecule has 146 valence electrons. The number of para-hydroxylation sites is 2. The lowest BCUT2D eigenvalue weighted by atomic mass is 10.1. The number of nitrogens with one attached hydrogen (secondary N) is 2. The number of amides is 2. The Balaban J connectivity index is 1.66. The Labute approximate surface area is 168 Å². The summed E-state index contributed by atoms with van der Waals surface area (Å²) < 4.78 is 5.22. The van der Waals surface area contributed by atoms with Crippen LogP contribution in [0.2, 0.25) is 0 Å². The number of ether oxygens (including phenoxy) is 1. The molecule has 0 atom stereocenters. The van der Waals surface area contributed by atoms with Gasteiger partial charge < -0.3 is 15.4 Å². The maximum Gasteiger partial charge on any atom is 0.255 e. The van der Waals surface area contributed by atoms with E-state index in [0.29, 0.717) is 33.8 Å². The Morgan fingerprint density at radius 3 is 1.76 bits per heavy atom. The highest BCUT2D eigenvalue weighted by Crippen LogP contribution is 2.23. The predicted octanol–water partition coefficient (Wildman–Crippen LogP) is 4.40. The number of carbonyl (C=O) groups excluding carboxylic acids is 3. The molecule has 6 heteroatoms. The van der Waals surface area contributed by atoms with Crippen LogP contribution >= 0.6 is 0 Å². The van der Waals surface area contributed by atoms with Crippen LogP contribution in [0.1, 0.15) is 38.0 Å². The standard InChI is InChI=1S/C23H20N2O4/c1-15(26)16-11-13-19(14-12-16)24-22(27)17-7-9-18(10-8-17)23(28)25-20-5-3-4-6-21(20)29-2/h3-14H,1-2H3,(H,24,27)(H,25,28). The molecule has 0 aliphatic rings. The third kappa shape index (κ3) is 4.87. The number of benzene rings is 3. The molecular formula is C23H20N2O4. The number of ketones is 1. The van der Waals surface area contributed by atoms with Gasteiger partial charge in [0.15, 0.2) is 5.78 Å². The first-order valence-corrected chi connectivity index (χ1v) is 8.94. The van der Waals surface area contributed by atoms with Crippen LogP contribution in [-0.2, 0) is 0 Å². The van der Waals surface area contributed by atoms with E-state index in [2.05, 4.69) is 10.6 Å². The van der Waals surface area contributed by atoms with Crippen molar-refractivity contribution in [1.82, 2.24) is 0 Å². The van der Waals surface area contributed by atoms with Gasteiger partial charge in [0.2, 0.25) is 0 Å². The quantitative estimate of drug-likeness (QED) is 0.613. The van der Waals surface area contributed by atoms with Gasteiger partial charge in [-0.05, 0) is 67.6 Å². The summed E-state index contributed by atoms with van der Waals surface area (Å²) in [4.78, 5) is 36.2. The Hall–Kier alpha value is -3.93. The van der Waals surface area contributed by atoms with E-state index in [1.807, 2.05) is 6.07 Å². The Morgan fingerprint density at radius 2 is 1.21 bits per heavy atom. The fraction of sp³-hybridized carbons (Fsp3) is 0.0870. The van der Waals surface area contributed by atoms with Crippen molar-refractivity contribution in [3.63, 3.8) is 0 Å². The summed E-state index contributed by atoms with van der Waals surface area (Å²) in [6.45, 7) is 1.49. The van der Waals surface area contributed by atoms with Crippen LogP contribution in [0.25, 0.3) is 0 Å². The molecule has 0 bridgehead atoms. The minimum atomic E-state index is -0.308. The summed E-state index contributed by atoms with van der Waals surface area (Å²) in [5.74, 6) is -0.0870. The monoisotopic (exact) mass is 388 g/mol. The summed E-state index contributed by atoms with van der Waals surface area (Å²) in [6.07, 6.45) is 0. The zero-order valence-electron chi connectivity index (χ0n) is 16.1. The van der Waals surface area contributed by atoms with Crippen molar-refractivity contribution >= 4 is 29.0 Å². The Bertz CT molecular complexity index is 1040. The average molecular weight is 388 g/mol. The molecule has 0 saturated heterocycles. The molecule has 2 N–H and O–H groups in total.